The normalized spacial score (nSPS) is 30.4. The van der Waals surface area contributed by atoms with Crippen molar-refractivity contribution in [1.82, 2.24) is 0 Å². The van der Waals surface area contributed by atoms with E-state index >= 15 is 0 Å². The molecule has 2 aliphatic rings. The Morgan fingerprint density at radius 3 is 2.36 bits per heavy atom. The predicted molar refractivity (Wildman–Crippen MR) is 99.6 cm³/mol. The Morgan fingerprint density at radius 2 is 1.80 bits per heavy atom. The van der Waals surface area contributed by atoms with Crippen LogP contribution in [0.4, 0.5) is 0 Å². The minimum absolute atomic E-state index is 0.0637. The summed E-state index contributed by atoms with van der Waals surface area (Å²) in [5.41, 5.74) is 0.946. The average Bonchev–Trinajstić information content (AvgIpc) is 2.51. The smallest absolute Gasteiger partial charge is 0.200 e. The SMILES string of the molecule is CC(C)[Si](OCC[C@@H]1OO[C@]2(C)C=CC(=O)C[C@@H]2O1)(C(C)C)C(C)C. The van der Waals surface area contributed by atoms with Gasteiger partial charge in [0.2, 0.25) is 0 Å². The van der Waals surface area contributed by atoms with Crippen LogP contribution in [0.15, 0.2) is 12.2 Å². The molecule has 0 aromatic rings. The molecule has 0 amide bonds. The van der Waals surface area contributed by atoms with Gasteiger partial charge in [0.15, 0.2) is 20.4 Å². The van der Waals surface area contributed by atoms with Crippen molar-refractivity contribution in [2.75, 3.05) is 6.61 Å². The second-order valence-corrected chi connectivity index (χ2v) is 13.8. The zero-order valence-corrected chi connectivity index (χ0v) is 17.7. The minimum atomic E-state index is -1.89. The molecule has 1 aliphatic carbocycles. The maximum Gasteiger partial charge on any atom is 0.200 e. The van der Waals surface area contributed by atoms with Crippen LogP contribution in [0.3, 0.4) is 0 Å². The molecule has 0 saturated carbocycles. The Kier molecular flexibility index (Phi) is 6.65. The molecule has 1 aliphatic heterocycles. The zero-order valence-electron chi connectivity index (χ0n) is 16.7. The van der Waals surface area contributed by atoms with E-state index in [9.17, 15) is 4.79 Å². The summed E-state index contributed by atoms with van der Waals surface area (Å²) < 4.78 is 12.5. The minimum Gasteiger partial charge on any atom is -0.416 e. The van der Waals surface area contributed by atoms with Crippen molar-refractivity contribution in [3.8, 4) is 0 Å². The topological polar surface area (TPSA) is 54.0 Å². The first-order chi connectivity index (χ1) is 11.6. The van der Waals surface area contributed by atoms with E-state index in [4.69, 9.17) is 18.9 Å². The standard InChI is InChI=1S/C19H34O5Si/c1-13(2)25(14(3)4,15(5)6)21-11-9-18-22-17-12-16(20)8-10-19(17,7)24-23-18/h8,10,13-15,17-18H,9,11-12H2,1-7H3/t17-,18-,19+/m0/s1. The van der Waals surface area contributed by atoms with Gasteiger partial charge >= 0.3 is 0 Å². The third-order valence-corrected chi connectivity index (χ3v) is 11.8. The van der Waals surface area contributed by atoms with Gasteiger partial charge in [0, 0.05) is 19.4 Å². The predicted octanol–water partition coefficient (Wildman–Crippen LogP) is 4.53. The van der Waals surface area contributed by atoms with E-state index in [1.165, 1.54) is 0 Å². The molecule has 1 fully saturated rings. The molecule has 0 radical (unpaired) electrons. The number of ether oxygens (including phenoxy) is 1. The third kappa shape index (κ3) is 4.25. The van der Waals surface area contributed by atoms with Gasteiger partial charge < -0.3 is 9.16 Å². The molecule has 6 heteroatoms. The van der Waals surface area contributed by atoms with Crippen LogP contribution in [0.2, 0.25) is 16.6 Å². The lowest BCUT2D eigenvalue weighted by atomic mass is 9.89. The van der Waals surface area contributed by atoms with Crippen molar-refractivity contribution >= 4 is 14.1 Å². The Hall–Kier alpha value is -0.533. The van der Waals surface area contributed by atoms with Crippen LogP contribution in [-0.4, -0.2) is 38.7 Å². The van der Waals surface area contributed by atoms with Crippen LogP contribution in [0.25, 0.3) is 0 Å². The molecule has 0 aromatic carbocycles. The largest absolute Gasteiger partial charge is 0.416 e. The highest BCUT2D eigenvalue weighted by Gasteiger charge is 2.47. The van der Waals surface area contributed by atoms with Gasteiger partial charge in [-0.2, -0.15) is 0 Å². The maximum absolute atomic E-state index is 11.7. The summed E-state index contributed by atoms with van der Waals surface area (Å²) in [5.74, 6) is 0.0637. The summed E-state index contributed by atoms with van der Waals surface area (Å²) in [7, 11) is -1.89. The fourth-order valence-corrected chi connectivity index (χ4v) is 9.87. The number of rotatable bonds is 7. The lowest BCUT2D eigenvalue weighted by Crippen LogP contribution is -2.53. The van der Waals surface area contributed by atoms with E-state index in [0.717, 1.165) is 0 Å². The molecular formula is C19H34O5Si. The van der Waals surface area contributed by atoms with Crippen molar-refractivity contribution in [1.29, 1.82) is 0 Å². The van der Waals surface area contributed by atoms with Crippen molar-refractivity contribution in [2.24, 2.45) is 0 Å². The summed E-state index contributed by atoms with van der Waals surface area (Å²) >= 11 is 0. The fourth-order valence-electron chi connectivity index (χ4n) is 4.40. The number of fused-ring (bicyclic) bond motifs is 1. The van der Waals surface area contributed by atoms with Gasteiger partial charge in [-0.15, -0.1) is 0 Å². The number of hydrogen-bond donors (Lipinski definition) is 0. The average molecular weight is 371 g/mol. The Labute approximate surface area is 153 Å². The molecular weight excluding hydrogens is 336 g/mol. The summed E-state index contributed by atoms with van der Waals surface area (Å²) in [6, 6.07) is 0. The fraction of sp³-hybridized carbons (Fsp3) is 0.842. The Morgan fingerprint density at radius 1 is 1.20 bits per heavy atom. The summed E-state index contributed by atoms with van der Waals surface area (Å²) in [4.78, 5) is 22.6. The third-order valence-electron chi connectivity index (χ3n) is 5.69. The van der Waals surface area contributed by atoms with Crippen molar-refractivity contribution in [2.45, 2.75) is 95.9 Å². The lowest BCUT2D eigenvalue weighted by molar-refractivity contribution is -0.476. The molecule has 5 nitrogen and oxygen atoms in total. The number of carbonyl (C=O) groups is 1. The number of allylic oxidation sites excluding steroid dienone is 1. The highest BCUT2D eigenvalue weighted by Crippen LogP contribution is 2.42. The second kappa shape index (κ2) is 8.01. The van der Waals surface area contributed by atoms with E-state index in [0.29, 0.717) is 36.1 Å². The molecule has 2 rings (SSSR count). The van der Waals surface area contributed by atoms with Gasteiger partial charge in [-0.05, 0) is 35.7 Å². The molecule has 1 saturated heterocycles. The number of carbonyl (C=O) groups excluding carboxylic acids is 1. The van der Waals surface area contributed by atoms with E-state index in [2.05, 4.69) is 41.5 Å². The van der Waals surface area contributed by atoms with Crippen LogP contribution in [0.1, 0.15) is 61.3 Å². The van der Waals surface area contributed by atoms with Crippen LogP contribution in [0, 0.1) is 0 Å². The lowest BCUT2D eigenvalue weighted by Gasteiger charge is -2.44. The van der Waals surface area contributed by atoms with Gasteiger partial charge in [-0.1, -0.05) is 41.5 Å². The first-order valence-corrected chi connectivity index (χ1v) is 11.6. The second-order valence-electron chi connectivity index (χ2n) is 8.38. The Balaban J connectivity index is 1.94. The first kappa shape index (κ1) is 20.8. The summed E-state index contributed by atoms with van der Waals surface area (Å²) in [6.07, 6.45) is 3.41. The molecule has 1 heterocycles. The van der Waals surface area contributed by atoms with Crippen LogP contribution < -0.4 is 0 Å². The molecule has 144 valence electrons. The van der Waals surface area contributed by atoms with Crippen molar-refractivity contribution in [3.63, 3.8) is 0 Å². The highest BCUT2D eigenvalue weighted by atomic mass is 28.4. The van der Waals surface area contributed by atoms with E-state index in [1.54, 1.807) is 12.2 Å². The van der Waals surface area contributed by atoms with Crippen LogP contribution in [0.5, 0.6) is 0 Å². The summed E-state index contributed by atoms with van der Waals surface area (Å²) in [5, 5.41) is 0. The summed E-state index contributed by atoms with van der Waals surface area (Å²) in [6.45, 7) is 16.1. The molecule has 3 atom stereocenters. The van der Waals surface area contributed by atoms with Crippen LogP contribution >= 0.6 is 0 Å². The van der Waals surface area contributed by atoms with Gasteiger partial charge in [-0.3, -0.25) is 4.79 Å². The first-order valence-electron chi connectivity index (χ1n) is 9.47. The van der Waals surface area contributed by atoms with Gasteiger partial charge in [-0.25, -0.2) is 9.78 Å². The molecule has 0 spiro atoms. The number of hydrogen-bond acceptors (Lipinski definition) is 5. The van der Waals surface area contributed by atoms with E-state index in [1.807, 2.05) is 6.92 Å². The van der Waals surface area contributed by atoms with Gasteiger partial charge in [0.05, 0.1) is 0 Å². The molecule has 0 aromatic heterocycles. The maximum atomic E-state index is 11.7. The molecule has 0 N–H and O–H groups in total. The van der Waals surface area contributed by atoms with Gasteiger partial charge in [0.25, 0.3) is 0 Å². The zero-order chi connectivity index (χ0) is 18.8. The highest BCUT2D eigenvalue weighted by molar-refractivity contribution is 6.77. The van der Waals surface area contributed by atoms with Gasteiger partial charge in [0.1, 0.15) is 11.7 Å². The Bertz CT molecular complexity index is 480. The monoisotopic (exact) mass is 370 g/mol. The molecule has 0 unspecified atom stereocenters. The van der Waals surface area contributed by atoms with E-state index < -0.39 is 20.2 Å². The van der Waals surface area contributed by atoms with Crippen LogP contribution in [-0.2, 0) is 23.7 Å². The molecule has 0 bridgehead atoms. The molecule has 25 heavy (non-hydrogen) atoms. The van der Waals surface area contributed by atoms with E-state index in [-0.39, 0.29) is 11.9 Å². The number of ketones is 1. The van der Waals surface area contributed by atoms with Crippen molar-refractivity contribution < 1.29 is 23.7 Å². The quantitative estimate of drug-likeness (QED) is 0.487. The van der Waals surface area contributed by atoms with Crippen molar-refractivity contribution in [3.05, 3.63) is 12.2 Å².